The number of carbonyl (C=O) groups is 2. The minimum Gasteiger partial charge on any atom is -0.373 e. The van der Waals surface area contributed by atoms with Gasteiger partial charge in [0.2, 0.25) is 11.8 Å². The molecule has 136 valence electrons. The van der Waals surface area contributed by atoms with E-state index in [0.29, 0.717) is 13.1 Å². The van der Waals surface area contributed by atoms with Crippen molar-refractivity contribution < 1.29 is 14.3 Å². The van der Waals surface area contributed by atoms with E-state index >= 15 is 0 Å². The normalized spacial score (nSPS) is 27.5. The maximum Gasteiger partial charge on any atom is 0.227 e. The molecule has 0 spiro atoms. The third-order valence-corrected chi connectivity index (χ3v) is 4.79. The van der Waals surface area contributed by atoms with Gasteiger partial charge in [-0.2, -0.15) is 0 Å². The van der Waals surface area contributed by atoms with Gasteiger partial charge in [0, 0.05) is 44.8 Å². The number of hydrogen-bond acceptors (Lipinski definition) is 4. The van der Waals surface area contributed by atoms with Crippen molar-refractivity contribution in [3.63, 3.8) is 0 Å². The molecule has 2 saturated heterocycles. The fourth-order valence-corrected chi connectivity index (χ4v) is 3.69. The molecule has 1 N–H and O–H groups in total. The molecule has 1 aromatic rings. The fraction of sp³-hybridized carbons (Fsp3) is 0.579. The summed E-state index contributed by atoms with van der Waals surface area (Å²) in [6, 6.07) is 9.53. The Morgan fingerprint density at radius 1 is 1.16 bits per heavy atom. The zero-order valence-electron chi connectivity index (χ0n) is 15.0. The summed E-state index contributed by atoms with van der Waals surface area (Å²) < 4.78 is 5.72. The molecular formula is C19H27N3O3. The molecule has 2 heterocycles. The molecular weight excluding hydrogens is 318 g/mol. The first-order valence-corrected chi connectivity index (χ1v) is 9.04. The first-order chi connectivity index (χ1) is 12.0. The van der Waals surface area contributed by atoms with Gasteiger partial charge < -0.3 is 15.0 Å². The highest BCUT2D eigenvalue weighted by Crippen LogP contribution is 2.24. The molecule has 1 aromatic carbocycles. The summed E-state index contributed by atoms with van der Waals surface area (Å²) in [5.74, 6) is -0.279. The van der Waals surface area contributed by atoms with Crippen LogP contribution in [0.4, 0.5) is 5.69 Å². The van der Waals surface area contributed by atoms with Crippen LogP contribution >= 0.6 is 0 Å². The summed E-state index contributed by atoms with van der Waals surface area (Å²) in [6.07, 6.45) is 0.740. The average molecular weight is 345 g/mol. The minimum absolute atomic E-state index is 0.0159. The van der Waals surface area contributed by atoms with Crippen LogP contribution in [0.5, 0.6) is 0 Å². The highest BCUT2D eigenvalue weighted by atomic mass is 16.5. The number of nitrogens with zero attached hydrogens (tertiary/aromatic N) is 2. The van der Waals surface area contributed by atoms with Crippen molar-refractivity contribution in [3.8, 4) is 0 Å². The molecule has 3 atom stereocenters. The fourth-order valence-electron chi connectivity index (χ4n) is 3.69. The van der Waals surface area contributed by atoms with Crippen molar-refractivity contribution in [1.29, 1.82) is 0 Å². The molecule has 0 bridgehead atoms. The van der Waals surface area contributed by atoms with E-state index in [1.54, 1.807) is 4.90 Å². The maximum absolute atomic E-state index is 12.4. The maximum atomic E-state index is 12.4. The second-order valence-electron chi connectivity index (χ2n) is 7.05. The first-order valence-electron chi connectivity index (χ1n) is 9.04. The van der Waals surface area contributed by atoms with Gasteiger partial charge in [-0.3, -0.25) is 14.5 Å². The van der Waals surface area contributed by atoms with Gasteiger partial charge in [0.05, 0.1) is 18.1 Å². The summed E-state index contributed by atoms with van der Waals surface area (Å²) in [5, 5.41) is 2.99. The lowest BCUT2D eigenvalue weighted by molar-refractivity contribution is -0.126. The molecule has 2 fully saturated rings. The number of para-hydroxylation sites is 1. The van der Waals surface area contributed by atoms with Crippen molar-refractivity contribution in [2.24, 2.45) is 5.92 Å². The molecule has 0 unspecified atom stereocenters. The number of morpholine rings is 1. The number of amides is 2. The van der Waals surface area contributed by atoms with Crippen LogP contribution in [0.3, 0.4) is 0 Å². The van der Waals surface area contributed by atoms with Gasteiger partial charge in [0.1, 0.15) is 0 Å². The van der Waals surface area contributed by atoms with Gasteiger partial charge in [-0.25, -0.2) is 0 Å². The van der Waals surface area contributed by atoms with Gasteiger partial charge in [0.25, 0.3) is 0 Å². The van der Waals surface area contributed by atoms with Crippen LogP contribution in [0.1, 0.15) is 20.3 Å². The second-order valence-corrected chi connectivity index (χ2v) is 7.05. The monoisotopic (exact) mass is 345 g/mol. The summed E-state index contributed by atoms with van der Waals surface area (Å²) in [4.78, 5) is 28.6. The van der Waals surface area contributed by atoms with Crippen LogP contribution < -0.4 is 10.2 Å². The predicted octanol–water partition coefficient (Wildman–Crippen LogP) is 1.26. The van der Waals surface area contributed by atoms with E-state index in [2.05, 4.69) is 24.1 Å². The highest BCUT2D eigenvalue weighted by molar-refractivity contribution is 6.00. The molecule has 3 rings (SSSR count). The van der Waals surface area contributed by atoms with Gasteiger partial charge >= 0.3 is 0 Å². The molecule has 2 aliphatic rings. The zero-order valence-corrected chi connectivity index (χ0v) is 15.0. The third kappa shape index (κ3) is 4.58. The molecule has 2 amide bonds. The summed E-state index contributed by atoms with van der Waals surface area (Å²) >= 11 is 0. The lowest BCUT2D eigenvalue weighted by atomic mass is 10.1. The Kier molecular flexibility index (Phi) is 5.71. The Hall–Kier alpha value is -1.92. The molecule has 0 saturated carbocycles. The topological polar surface area (TPSA) is 61.9 Å². The number of carbonyl (C=O) groups excluding carboxylic acids is 2. The number of nitrogens with one attached hydrogen (secondary N) is 1. The highest BCUT2D eigenvalue weighted by Gasteiger charge is 2.35. The van der Waals surface area contributed by atoms with E-state index in [4.69, 9.17) is 4.74 Å². The van der Waals surface area contributed by atoms with Crippen molar-refractivity contribution >= 4 is 17.5 Å². The Morgan fingerprint density at radius 2 is 1.84 bits per heavy atom. The zero-order chi connectivity index (χ0) is 17.8. The molecule has 6 nitrogen and oxygen atoms in total. The number of hydrogen-bond donors (Lipinski definition) is 1. The second kappa shape index (κ2) is 7.97. The van der Waals surface area contributed by atoms with Crippen molar-refractivity contribution in [2.45, 2.75) is 32.5 Å². The first kappa shape index (κ1) is 17.9. The van der Waals surface area contributed by atoms with Gasteiger partial charge in [-0.15, -0.1) is 0 Å². The number of anilines is 1. The third-order valence-electron chi connectivity index (χ3n) is 4.79. The largest absolute Gasteiger partial charge is 0.373 e. The summed E-state index contributed by atoms with van der Waals surface area (Å²) in [6.45, 7) is 7.81. The predicted molar refractivity (Wildman–Crippen MR) is 96.4 cm³/mol. The van der Waals surface area contributed by atoms with Crippen molar-refractivity contribution in [3.05, 3.63) is 30.3 Å². The van der Waals surface area contributed by atoms with E-state index in [1.807, 2.05) is 30.3 Å². The number of ether oxygens (including phenoxy) is 1. The molecule has 2 aliphatic heterocycles. The van der Waals surface area contributed by atoms with Crippen LogP contribution in [0.15, 0.2) is 30.3 Å². The Balaban J connectivity index is 1.45. The van der Waals surface area contributed by atoms with Crippen LogP contribution in [-0.2, 0) is 14.3 Å². The smallest absolute Gasteiger partial charge is 0.227 e. The Bertz CT molecular complexity index is 597. The van der Waals surface area contributed by atoms with Gasteiger partial charge in [-0.05, 0) is 26.0 Å². The van der Waals surface area contributed by atoms with Gasteiger partial charge in [-0.1, -0.05) is 18.2 Å². The standard InChI is InChI=1S/C19H27N3O3/c1-14-11-21(12-15(2)25-14)9-8-20-19(24)16-10-18(23)22(13-16)17-6-4-3-5-7-17/h3-7,14-16H,8-13H2,1-2H3,(H,20,24)/t14-,15-,16+/m0/s1. The minimum atomic E-state index is -0.268. The lowest BCUT2D eigenvalue weighted by Gasteiger charge is -2.35. The van der Waals surface area contributed by atoms with E-state index in [-0.39, 0.29) is 36.4 Å². The lowest BCUT2D eigenvalue weighted by Crippen LogP contribution is -2.48. The van der Waals surface area contributed by atoms with Crippen LogP contribution in [0.2, 0.25) is 0 Å². The van der Waals surface area contributed by atoms with Crippen LogP contribution in [-0.4, -0.2) is 61.6 Å². The molecule has 0 radical (unpaired) electrons. The average Bonchev–Trinajstić information content (AvgIpc) is 2.97. The van der Waals surface area contributed by atoms with Crippen LogP contribution in [0.25, 0.3) is 0 Å². The van der Waals surface area contributed by atoms with Gasteiger partial charge in [0.15, 0.2) is 0 Å². The quantitative estimate of drug-likeness (QED) is 0.873. The van der Waals surface area contributed by atoms with E-state index < -0.39 is 0 Å². The van der Waals surface area contributed by atoms with Crippen molar-refractivity contribution in [1.82, 2.24) is 10.2 Å². The van der Waals surface area contributed by atoms with E-state index in [9.17, 15) is 9.59 Å². The molecule has 0 aliphatic carbocycles. The molecule has 6 heteroatoms. The van der Waals surface area contributed by atoms with Crippen molar-refractivity contribution in [2.75, 3.05) is 37.6 Å². The van der Waals surface area contributed by atoms with E-state index in [1.165, 1.54) is 0 Å². The van der Waals surface area contributed by atoms with Crippen LogP contribution in [0, 0.1) is 5.92 Å². The Morgan fingerprint density at radius 3 is 2.52 bits per heavy atom. The number of benzene rings is 1. The Labute approximate surface area is 149 Å². The van der Waals surface area contributed by atoms with E-state index in [0.717, 1.165) is 25.3 Å². The SMILES string of the molecule is C[C@H]1CN(CCNC(=O)[C@@H]2CC(=O)N(c3ccccc3)C2)C[C@H](C)O1. The molecule has 25 heavy (non-hydrogen) atoms. The number of rotatable bonds is 5. The summed E-state index contributed by atoms with van der Waals surface area (Å²) in [5.41, 5.74) is 0.860. The summed E-state index contributed by atoms with van der Waals surface area (Å²) in [7, 11) is 0. The molecule has 0 aromatic heterocycles.